The van der Waals surface area contributed by atoms with Crippen molar-refractivity contribution < 1.29 is 13.9 Å². The Morgan fingerprint density at radius 1 is 1.53 bits per heavy atom. The average molecular weight is 233 g/mol. The largest absolute Gasteiger partial charge is 0.469 e. The van der Waals surface area contributed by atoms with Gasteiger partial charge in [-0.05, 0) is 13.0 Å². The zero-order chi connectivity index (χ0) is 12.4. The van der Waals surface area contributed by atoms with Crippen molar-refractivity contribution in [2.24, 2.45) is 0 Å². The van der Waals surface area contributed by atoms with Crippen LogP contribution in [0.25, 0.3) is 11.4 Å². The summed E-state index contributed by atoms with van der Waals surface area (Å²) in [6.45, 7) is 1.79. The van der Waals surface area contributed by atoms with E-state index in [1.54, 1.807) is 19.3 Å². The molecule has 88 valence electrons. The Labute approximate surface area is 97.4 Å². The lowest BCUT2D eigenvalue weighted by Crippen LogP contribution is -2.09. The average Bonchev–Trinajstić information content (AvgIpc) is 2.74. The predicted octanol–water partition coefficient (Wildman–Crippen LogP) is 1.41. The van der Waals surface area contributed by atoms with E-state index in [2.05, 4.69) is 14.7 Å². The number of aryl methyl sites for hydroxylation is 1. The number of methoxy groups -OCH3 is 1. The number of esters is 1. The summed E-state index contributed by atoms with van der Waals surface area (Å²) in [6.07, 6.45) is 2.88. The standard InChI is InChI=1S/C11H11N3O3/c1-6-7(3-4-17-6)10-13-5-8(9(12)14-10)11(15)16-2/h3-5H,1-2H3,(H2,12,13,14). The Bertz CT molecular complexity index is 563. The lowest BCUT2D eigenvalue weighted by atomic mass is 10.2. The summed E-state index contributed by atoms with van der Waals surface area (Å²) in [4.78, 5) is 19.4. The van der Waals surface area contributed by atoms with Crippen molar-refractivity contribution in [2.45, 2.75) is 6.92 Å². The zero-order valence-corrected chi connectivity index (χ0v) is 9.43. The monoisotopic (exact) mass is 233 g/mol. The number of ether oxygens (including phenoxy) is 1. The maximum absolute atomic E-state index is 11.3. The highest BCUT2D eigenvalue weighted by atomic mass is 16.5. The van der Waals surface area contributed by atoms with Gasteiger partial charge in [-0.1, -0.05) is 0 Å². The van der Waals surface area contributed by atoms with E-state index in [0.717, 1.165) is 5.56 Å². The van der Waals surface area contributed by atoms with Gasteiger partial charge < -0.3 is 14.9 Å². The molecule has 17 heavy (non-hydrogen) atoms. The molecule has 2 aromatic heterocycles. The Morgan fingerprint density at radius 2 is 2.29 bits per heavy atom. The third kappa shape index (κ3) is 1.96. The lowest BCUT2D eigenvalue weighted by Gasteiger charge is -2.04. The quantitative estimate of drug-likeness (QED) is 0.788. The molecule has 0 aliphatic carbocycles. The molecule has 0 amide bonds. The summed E-state index contributed by atoms with van der Waals surface area (Å²) < 4.78 is 9.70. The van der Waals surface area contributed by atoms with Crippen LogP contribution in [0.1, 0.15) is 16.1 Å². The number of carbonyl (C=O) groups is 1. The van der Waals surface area contributed by atoms with Crippen LogP contribution >= 0.6 is 0 Å². The number of hydrogen-bond acceptors (Lipinski definition) is 6. The van der Waals surface area contributed by atoms with Crippen molar-refractivity contribution >= 4 is 11.8 Å². The second-order valence-electron chi connectivity index (χ2n) is 3.37. The van der Waals surface area contributed by atoms with Gasteiger partial charge in [0, 0.05) is 6.20 Å². The fourth-order valence-electron chi connectivity index (χ4n) is 1.41. The lowest BCUT2D eigenvalue weighted by molar-refractivity contribution is 0.0601. The number of furan rings is 1. The molecule has 0 spiro atoms. The van der Waals surface area contributed by atoms with Crippen LogP contribution in [0, 0.1) is 6.92 Å². The highest BCUT2D eigenvalue weighted by Crippen LogP contribution is 2.22. The van der Waals surface area contributed by atoms with E-state index in [9.17, 15) is 4.79 Å². The van der Waals surface area contributed by atoms with Gasteiger partial charge >= 0.3 is 5.97 Å². The number of rotatable bonds is 2. The van der Waals surface area contributed by atoms with E-state index in [4.69, 9.17) is 10.2 Å². The molecule has 0 radical (unpaired) electrons. The van der Waals surface area contributed by atoms with Gasteiger partial charge in [0.2, 0.25) is 0 Å². The van der Waals surface area contributed by atoms with E-state index >= 15 is 0 Å². The molecule has 0 unspecified atom stereocenters. The number of anilines is 1. The minimum absolute atomic E-state index is 0.0856. The van der Waals surface area contributed by atoms with Crippen molar-refractivity contribution in [2.75, 3.05) is 12.8 Å². The van der Waals surface area contributed by atoms with Gasteiger partial charge in [0.1, 0.15) is 17.1 Å². The smallest absolute Gasteiger partial charge is 0.343 e. The zero-order valence-electron chi connectivity index (χ0n) is 9.43. The molecule has 0 atom stereocenters. The summed E-state index contributed by atoms with van der Waals surface area (Å²) in [7, 11) is 1.27. The molecule has 0 bridgehead atoms. The molecule has 2 aromatic rings. The summed E-state index contributed by atoms with van der Waals surface area (Å²) in [6, 6.07) is 1.74. The van der Waals surface area contributed by atoms with Crippen molar-refractivity contribution in [1.82, 2.24) is 9.97 Å². The van der Waals surface area contributed by atoms with Crippen molar-refractivity contribution in [1.29, 1.82) is 0 Å². The topological polar surface area (TPSA) is 91.2 Å². The van der Waals surface area contributed by atoms with Gasteiger partial charge in [-0.3, -0.25) is 0 Å². The molecule has 2 heterocycles. The van der Waals surface area contributed by atoms with Crippen molar-refractivity contribution in [3.63, 3.8) is 0 Å². The van der Waals surface area contributed by atoms with E-state index < -0.39 is 5.97 Å². The minimum atomic E-state index is -0.557. The van der Waals surface area contributed by atoms with Gasteiger partial charge in [-0.25, -0.2) is 14.8 Å². The normalized spacial score (nSPS) is 10.2. The van der Waals surface area contributed by atoms with Crippen LogP contribution in [-0.4, -0.2) is 23.0 Å². The second-order valence-corrected chi connectivity index (χ2v) is 3.37. The van der Waals surface area contributed by atoms with Crippen molar-refractivity contribution in [3.05, 3.63) is 29.9 Å². The van der Waals surface area contributed by atoms with Gasteiger partial charge in [-0.2, -0.15) is 0 Å². The van der Waals surface area contributed by atoms with Gasteiger partial charge in [0.25, 0.3) is 0 Å². The molecule has 0 aromatic carbocycles. The molecule has 6 heteroatoms. The van der Waals surface area contributed by atoms with E-state index in [-0.39, 0.29) is 11.4 Å². The first kappa shape index (κ1) is 11.1. The number of hydrogen-bond donors (Lipinski definition) is 1. The van der Waals surface area contributed by atoms with Gasteiger partial charge in [-0.15, -0.1) is 0 Å². The Morgan fingerprint density at radius 3 is 2.82 bits per heavy atom. The highest BCUT2D eigenvalue weighted by Gasteiger charge is 2.15. The molecule has 0 aliphatic rings. The Balaban J connectivity index is 2.44. The first-order valence-corrected chi connectivity index (χ1v) is 4.88. The van der Waals surface area contributed by atoms with Gasteiger partial charge in [0.05, 0.1) is 18.9 Å². The van der Waals surface area contributed by atoms with E-state index in [1.807, 2.05) is 0 Å². The molecular weight excluding hydrogens is 222 g/mol. The number of nitrogens with zero attached hydrogens (tertiary/aromatic N) is 2. The molecule has 6 nitrogen and oxygen atoms in total. The SMILES string of the molecule is COC(=O)c1cnc(-c2ccoc2C)nc1N. The summed E-state index contributed by atoms with van der Waals surface area (Å²) >= 11 is 0. The fourth-order valence-corrected chi connectivity index (χ4v) is 1.41. The predicted molar refractivity (Wildman–Crippen MR) is 60.2 cm³/mol. The van der Waals surface area contributed by atoms with Crippen molar-refractivity contribution in [3.8, 4) is 11.4 Å². The fraction of sp³-hybridized carbons (Fsp3) is 0.182. The maximum atomic E-state index is 11.3. The van der Waals surface area contributed by atoms with Crippen LogP contribution in [0.5, 0.6) is 0 Å². The molecule has 2 N–H and O–H groups in total. The summed E-state index contributed by atoms with van der Waals surface area (Å²) in [5.74, 6) is 0.636. The molecule has 0 saturated carbocycles. The molecule has 0 aliphatic heterocycles. The molecular formula is C11H11N3O3. The number of aromatic nitrogens is 2. The third-order valence-corrected chi connectivity index (χ3v) is 2.32. The van der Waals surface area contributed by atoms with E-state index in [1.165, 1.54) is 13.3 Å². The van der Waals surface area contributed by atoms with Crippen LogP contribution in [0.3, 0.4) is 0 Å². The van der Waals surface area contributed by atoms with Crippen LogP contribution in [-0.2, 0) is 4.74 Å². The van der Waals surface area contributed by atoms with Crippen LogP contribution < -0.4 is 5.73 Å². The Kier molecular flexibility index (Phi) is 2.78. The first-order chi connectivity index (χ1) is 8.13. The summed E-state index contributed by atoms with van der Waals surface area (Å²) in [5.41, 5.74) is 6.57. The number of nitrogen functional groups attached to an aromatic ring is 1. The van der Waals surface area contributed by atoms with E-state index in [0.29, 0.717) is 11.6 Å². The third-order valence-electron chi connectivity index (χ3n) is 2.32. The first-order valence-electron chi connectivity index (χ1n) is 4.88. The Hall–Kier alpha value is -2.37. The van der Waals surface area contributed by atoms with Crippen LogP contribution in [0.2, 0.25) is 0 Å². The second kappa shape index (κ2) is 4.25. The number of nitrogens with two attached hydrogens (primary N) is 1. The minimum Gasteiger partial charge on any atom is -0.469 e. The van der Waals surface area contributed by atoms with Crippen LogP contribution in [0.15, 0.2) is 22.9 Å². The summed E-state index contributed by atoms with van der Waals surface area (Å²) in [5, 5.41) is 0. The van der Waals surface area contributed by atoms with Gasteiger partial charge in [0.15, 0.2) is 5.82 Å². The maximum Gasteiger partial charge on any atom is 0.343 e. The molecule has 0 saturated heterocycles. The molecule has 0 fully saturated rings. The van der Waals surface area contributed by atoms with Crippen LogP contribution in [0.4, 0.5) is 5.82 Å². The number of carbonyl (C=O) groups excluding carboxylic acids is 1. The molecule has 2 rings (SSSR count). The highest BCUT2D eigenvalue weighted by molar-refractivity contribution is 5.93.